The number of nitrogens with zero attached hydrogens (tertiary/aromatic N) is 2. The fourth-order valence-corrected chi connectivity index (χ4v) is 2.36. The minimum Gasteiger partial charge on any atom is -0.353 e. The zero-order valence-corrected chi connectivity index (χ0v) is 13.1. The van der Waals surface area contributed by atoms with Crippen LogP contribution in [-0.4, -0.2) is 21.9 Å². The van der Waals surface area contributed by atoms with Crippen molar-refractivity contribution < 1.29 is 18.0 Å². The monoisotopic (exact) mass is 324 g/mol. The molecule has 0 radical (unpaired) electrons. The van der Waals surface area contributed by atoms with Gasteiger partial charge in [0, 0.05) is 31.0 Å². The van der Waals surface area contributed by atoms with Gasteiger partial charge in [0.2, 0.25) is 0 Å². The molecule has 2 aromatic rings. The van der Waals surface area contributed by atoms with E-state index in [9.17, 15) is 18.0 Å². The van der Waals surface area contributed by atoms with E-state index in [0.717, 1.165) is 24.2 Å². The molecule has 1 amide bonds. The van der Waals surface area contributed by atoms with E-state index in [-0.39, 0.29) is 11.5 Å². The summed E-state index contributed by atoms with van der Waals surface area (Å²) in [6, 6.07) is 8.17. The molecule has 6 heteroatoms. The first-order valence-electron chi connectivity index (χ1n) is 7.39. The van der Waals surface area contributed by atoms with E-state index >= 15 is 0 Å². The Balaban J connectivity index is 2.19. The molecule has 0 N–H and O–H groups in total. The Hall–Kier alpha value is -2.24. The molecule has 0 atom stereocenters. The SMILES string of the molecule is CCCN(Cc1cccn1C)C(=O)c1ccc(C(F)(F)F)cc1. The van der Waals surface area contributed by atoms with Crippen molar-refractivity contribution in [3.63, 3.8) is 0 Å². The first kappa shape index (κ1) is 17.1. The Morgan fingerprint density at radius 3 is 2.30 bits per heavy atom. The number of aromatic nitrogens is 1. The van der Waals surface area contributed by atoms with Crippen LogP contribution in [0.25, 0.3) is 0 Å². The summed E-state index contributed by atoms with van der Waals surface area (Å²) in [5.74, 6) is -0.262. The molecule has 23 heavy (non-hydrogen) atoms. The summed E-state index contributed by atoms with van der Waals surface area (Å²) in [6.07, 6.45) is -1.73. The Labute approximate surface area is 133 Å². The number of rotatable bonds is 5. The van der Waals surface area contributed by atoms with Crippen molar-refractivity contribution in [2.24, 2.45) is 7.05 Å². The van der Waals surface area contributed by atoms with Crippen LogP contribution in [0, 0.1) is 0 Å². The van der Waals surface area contributed by atoms with Gasteiger partial charge in [0.25, 0.3) is 5.91 Å². The fraction of sp³-hybridized carbons (Fsp3) is 0.353. The second-order valence-corrected chi connectivity index (χ2v) is 5.41. The van der Waals surface area contributed by atoms with E-state index in [4.69, 9.17) is 0 Å². The second-order valence-electron chi connectivity index (χ2n) is 5.41. The van der Waals surface area contributed by atoms with Crippen LogP contribution in [-0.2, 0) is 19.8 Å². The molecular formula is C17H19F3N2O. The zero-order valence-electron chi connectivity index (χ0n) is 13.1. The molecule has 1 aromatic heterocycles. The van der Waals surface area contributed by atoms with Gasteiger partial charge in [-0.1, -0.05) is 6.92 Å². The third-order valence-electron chi connectivity index (χ3n) is 3.64. The molecule has 124 valence electrons. The van der Waals surface area contributed by atoms with Crippen LogP contribution in [0.3, 0.4) is 0 Å². The maximum Gasteiger partial charge on any atom is 0.416 e. The maximum atomic E-state index is 12.6. The van der Waals surface area contributed by atoms with Crippen LogP contribution in [0.2, 0.25) is 0 Å². The number of aryl methyl sites for hydroxylation is 1. The van der Waals surface area contributed by atoms with Crippen LogP contribution in [0.1, 0.15) is 35.0 Å². The highest BCUT2D eigenvalue weighted by Crippen LogP contribution is 2.29. The molecule has 0 spiro atoms. The van der Waals surface area contributed by atoms with Gasteiger partial charge >= 0.3 is 6.18 Å². The molecule has 0 saturated heterocycles. The molecule has 1 aromatic carbocycles. The largest absolute Gasteiger partial charge is 0.416 e. The number of hydrogen-bond acceptors (Lipinski definition) is 1. The van der Waals surface area contributed by atoms with Gasteiger partial charge < -0.3 is 9.47 Å². The zero-order chi connectivity index (χ0) is 17.0. The average Bonchev–Trinajstić information content (AvgIpc) is 2.90. The van der Waals surface area contributed by atoms with E-state index in [0.29, 0.717) is 13.1 Å². The van der Waals surface area contributed by atoms with Crippen molar-refractivity contribution in [3.8, 4) is 0 Å². The molecule has 1 heterocycles. The summed E-state index contributed by atoms with van der Waals surface area (Å²) >= 11 is 0. The quantitative estimate of drug-likeness (QED) is 0.813. The lowest BCUT2D eigenvalue weighted by Gasteiger charge is -2.23. The molecule has 0 aliphatic carbocycles. The predicted molar refractivity (Wildman–Crippen MR) is 81.9 cm³/mol. The summed E-state index contributed by atoms with van der Waals surface area (Å²) in [7, 11) is 1.89. The van der Waals surface area contributed by atoms with E-state index in [1.54, 1.807) is 4.90 Å². The predicted octanol–water partition coefficient (Wildman–Crippen LogP) is 4.10. The molecule has 0 bridgehead atoms. The number of halogens is 3. The summed E-state index contributed by atoms with van der Waals surface area (Å²) < 4.78 is 39.7. The minimum atomic E-state index is -4.40. The summed E-state index contributed by atoms with van der Waals surface area (Å²) in [6.45, 7) is 2.93. The van der Waals surface area contributed by atoms with Crippen molar-refractivity contribution >= 4 is 5.91 Å². The third-order valence-corrected chi connectivity index (χ3v) is 3.64. The molecular weight excluding hydrogens is 305 g/mol. The number of carbonyl (C=O) groups is 1. The Morgan fingerprint density at radius 2 is 1.83 bits per heavy atom. The van der Waals surface area contributed by atoms with E-state index < -0.39 is 11.7 Å². The normalized spacial score (nSPS) is 11.5. The molecule has 0 aliphatic heterocycles. The lowest BCUT2D eigenvalue weighted by Crippen LogP contribution is -2.32. The van der Waals surface area contributed by atoms with Crippen LogP contribution in [0.4, 0.5) is 13.2 Å². The highest BCUT2D eigenvalue weighted by Gasteiger charge is 2.30. The highest BCUT2D eigenvalue weighted by atomic mass is 19.4. The minimum absolute atomic E-state index is 0.262. The van der Waals surface area contributed by atoms with Gasteiger partial charge in [-0.3, -0.25) is 4.79 Å². The molecule has 0 fully saturated rings. The summed E-state index contributed by atoms with van der Waals surface area (Å²) in [5.41, 5.74) is 0.484. The number of hydrogen-bond donors (Lipinski definition) is 0. The fourth-order valence-electron chi connectivity index (χ4n) is 2.36. The number of carbonyl (C=O) groups excluding carboxylic acids is 1. The van der Waals surface area contributed by atoms with Gasteiger partial charge in [-0.15, -0.1) is 0 Å². The van der Waals surface area contributed by atoms with Crippen molar-refractivity contribution in [3.05, 3.63) is 59.4 Å². The molecule has 0 unspecified atom stereocenters. The van der Waals surface area contributed by atoms with Gasteiger partial charge in [0.15, 0.2) is 0 Å². The topological polar surface area (TPSA) is 25.2 Å². The Morgan fingerprint density at radius 1 is 1.17 bits per heavy atom. The van der Waals surface area contributed by atoms with Crippen molar-refractivity contribution in [1.29, 1.82) is 0 Å². The van der Waals surface area contributed by atoms with Crippen LogP contribution in [0.15, 0.2) is 42.6 Å². The lowest BCUT2D eigenvalue weighted by molar-refractivity contribution is -0.137. The Kier molecular flexibility index (Phi) is 5.13. The van der Waals surface area contributed by atoms with Crippen molar-refractivity contribution in [2.45, 2.75) is 26.1 Å². The van der Waals surface area contributed by atoms with E-state index in [1.165, 1.54) is 12.1 Å². The van der Waals surface area contributed by atoms with E-state index in [2.05, 4.69) is 0 Å². The second kappa shape index (κ2) is 6.89. The number of alkyl halides is 3. The first-order valence-corrected chi connectivity index (χ1v) is 7.39. The number of amides is 1. The van der Waals surface area contributed by atoms with E-state index in [1.807, 2.05) is 36.9 Å². The third kappa shape index (κ3) is 4.15. The van der Waals surface area contributed by atoms with Gasteiger partial charge in [-0.05, 0) is 42.8 Å². The smallest absolute Gasteiger partial charge is 0.353 e. The maximum absolute atomic E-state index is 12.6. The molecule has 3 nitrogen and oxygen atoms in total. The molecule has 0 saturated carbocycles. The first-order chi connectivity index (χ1) is 10.8. The van der Waals surface area contributed by atoms with Gasteiger partial charge in [0.1, 0.15) is 0 Å². The highest BCUT2D eigenvalue weighted by molar-refractivity contribution is 5.94. The summed E-state index contributed by atoms with van der Waals surface area (Å²) in [4.78, 5) is 14.2. The van der Waals surface area contributed by atoms with Gasteiger partial charge in [0.05, 0.1) is 12.1 Å². The van der Waals surface area contributed by atoms with Gasteiger partial charge in [-0.25, -0.2) is 0 Å². The average molecular weight is 324 g/mol. The van der Waals surface area contributed by atoms with Gasteiger partial charge in [-0.2, -0.15) is 13.2 Å². The lowest BCUT2D eigenvalue weighted by atomic mass is 10.1. The molecule has 0 aliphatic rings. The summed E-state index contributed by atoms with van der Waals surface area (Å²) in [5, 5.41) is 0. The Bertz CT molecular complexity index is 659. The van der Waals surface area contributed by atoms with Crippen LogP contribution >= 0.6 is 0 Å². The number of benzene rings is 1. The van der Waals surface area contributed by atoms with Crippen molar-refractivity contribution in [2.75, 3.05) is 6.54 Å². The molecule has 2 rings (SSSR count). The van der Waals surface area contributed by atoms with Crippen molar-refractivity contribution in [1.82, 2.24) is 9.47 Å². The van der Waals surface area contributed by atoms with Crippen LogP contribution in [0.5, 0.6) is 0 Å². The standard InChI is InChI=1S/C17H19F3N2O/c1-3-10-22(12-15-5-4-11-21(15)2)16(23)13-6-8-14(9-7-13)17(18,19)20/h4-9,11H,3,10,12H2,1-2H3. The van der Waals surface area contributed by atoms with Crippen LogP contribution < -0.4 is 0 Å².